The van der Waals surface area contributed by atoms with Crippen LogP contribution in [0, 0.1) is 0 Å². The van der Waals surface area contributed by atoms with Crippen molar-refractivity contribution >= 4 is 65.6 Å². The van der Waals surface area contributed by atoms with Gasteiger partial charge in [-0.25, -0.2) is 9.67 Å². The summed E-state index contributed by atoms with van der Waals surface area (Å²) in [7, 11) is 0. The number of rotatable bonds is 5. The van der Waals surface area contributed by atoms with Crippen LogP contribution in [-0.4, -0.2) is 23.9 Å². The van der Waals surface area contributed by atoms with E-state index in [0.29, 0.717) is 5.82 Å². The van der Waals surface area contributed by atoms with E-state index in [2.05, 4.69) is 155 Å². The first-order valence-corrected chi connectivity index (χ1v) is 18.8. The van der Waals surface area contributed by atoms with E-state index in [9.17, 15) is 0 Å². The van der Waals surface area contributed by atoms with Gasteiger partial charge in [0.1, 0.15) is 11.2 Å². The Morgan fingerprint density at radius 2 is 0.982 bits per heavy atom. The van der Waals surface area contributed by atoms with Crippen molar-refractivity contribution < 1.29 is 4.42 Å². The van der Waals surface area contributed by atoms with E-state index < -0.39 is 0 Å². The molecule has 0 aliphatic rings. The largest absolute Gasteiger partial charge is 0.456 e. The minimum absolute atomic E-state index is 0.690. The molecule has 0 radical (unpaired) electrons. The SMILES string of the molecule is c1ccc(-c2nc(-c3ccccc3)n(-c3ccc4c(c3)c3ccccc3n4-c3cccc(-n4c5ccccc5c5c6c(ccc54)oc4ccccc46)c3)n2)cc1. The molecule has 0 saturated heterocycles. The fourth-order valence-electron chi connectivity index (χ4n) is 8.67. The van der Waals surface area contributed by atoms with Gasteiger partial charge in [0.05, 0.1) is 27.8 Å². The lowest BCUT2D eigenvalue weighted by molar-refractivity contribution is 0.669. The summed E-state index contributed by atoms with van der Waals surface area (Å²) in [5, 5.41) is 12.1. The Balaban J connectivity index is 1.06. The molecule has 0 atom stereocenters. The highest BCUT2D eigenvalue weighted by atomic mass is 16.3. The van der Waals surface area contributed by atoms with Crippen LogP contribution in [0.3, 0.4) is 0 Å². The molecule has 6 heteroatoms. The second-order valence-electron chi connectivity index (χ2n) is 14.3. The van der Waals surface area contributed by atoms with E-state index in [0.717, 1.165) is 83.4 Å². The van der Waals surface area contributed by atoms with Crippen LogP contribution < -0.4 is 0 Å². The highest BCUT2D eigenvalue weighted by Crippen LogP contribution is 2.42. The molecule has 0 saturated carbocycles. The van der Waals surface area contributed by atoms with Gasteiger partial charge in [0.15, 0.2) is 11.6 Å². The lowest BCUT2D eigenvalue weighted by Gasteiger charge is -2.13. The molecule has 4 heterocycles. The maximum Gasteiger partial charge on any atom is 0.182 e. The van der Waals surface area contributed by atoms with Gasteiger partial charge < -0.3 is 13.6 Å². The van der Waals surface area contributed by atoms with E-state index in [1.807, 2.05) is 47.1 Å². The van der Waals surface area contributed by atoms with Gasteiger partial charge in [-0.1, -0.05) is 121 Å². The van der Waals surface area contributed by atoms with Gasteiger partial charge in [-0.3, -0.25) is 0 Å². The Kier molecular flexibility index (Phi) is 6.53. The Labute approximate surface area is 320 Å². The second kappa shape index (κ2) is 11.9. The standard InChI is InChI=1S/C50H31N5O/c1-3-14-32(15-4-1)49-51-50(33-16-5-2-6-17-33)55(52-49)36-26-27-43-40(31-36)37-20-7-10-23-41(37)53(43)34-18-13-19-35(30-34)54-42-24-11-8-21-38(42)47-44(54)28-29-46-48(47)39-22-9-12-25-45(39)56-46/h1-31H. The normalized spacial score (nSPS) is 11.9. The summed E-state index contributed by atoms with van der Waals surface area (Å²) in [6.45, 7) is 0. The first-order valence-electron chi connectivity index (χ1n) is 18.8. The van der Waals surface area contributed by atoms with Gasteiger partial charge in [0.25, 0.3) is 0 Å². The number of nitrogens with zero attached hydrogens (tertiary/aromatic N) is 5. The van der Waals surface area contributed by atoms with Gasteiger partial charge in [0.2, 0.25) is 0 Å². The molecule has 0 spiro atoms. The fraction of sp³-hybridized carbons (Fsp3) is 0. The Morgan fingerprint density at radius 1 is 0.375 bits per heavy atom. The van der Waals surface area contributed by atoms with Crippen molar-refractivity contribution in [3.63, 3.8) is 0 Å². The van der Waals surface area contributed by atoms with Gasteiger partial charge >= 0.3 is 0 Å². The summed E-state index contributed by atoms with van der Waals surface area (Å²) in [5.74, 6) is 1.49. The number of aromatic nitrogens is 5. The summed E-state index contributed by atoms with van der Waals surface area (Å²) in [4.78, 5) is 5.07. The summed E-state index contributed by atoms with van der Waals surface area (Å²) in [5.41, 5.74) is 11.5. The zero-order valence-corrected chi connectivity index (χ0v) is 30.0. The predicted molar refractivity (Wildman–Crippen MR) is 228 cm³/mol. The lowest BCUT2D eigenvalue weighted by Crippen LogP contribution is -2.00. The number of hydrogen-bond acceptors (Lipinski definition) is 3. The summed E-state index contributed by atoms with van der Waals surface area (Å²) in [6, 6.07) is 66.0. The molecule has 0 aliphatic carbocycles. The van der Waals surface area contributed by atoms with Crippen molar-refractivity contribution in [3.8, 4) is 39.8 Å². The Morgan fingerprint density at radius 3 is 1.77 bits per heavy atom. The van der Waals surface area contributed by atoms with Crippen LogP contribution >= 0.6 is 0 Å². The maximum atomic E-state index is 6.34. The van der Waals surface area contributed by atoms with E-state index in [4.69, 9.17) is 14.5 Å². The summed E-state index contributed by atoms with van der Waals surface area (Å²) in [6.07, 6.45) is 0. The van der Waals surface area contributed by atoms with Crippen molar-refractivity contribution in [2.75, 3.05) is 0 Å². The molecular formula is C50H31N5O. The molecule has 8 aromatic carbocycles. The van der Waals surface area contributed by atoms with E-state index in [1.165, 1.54) is 16.2 Å². The number of hydrogen-bond donors (Lipinski definition) is 0. The van der Waals surface area contributed by atoms with Gasteiger partial charge in [-0.15, -0.1) is 5.10 Å². The first kappa shape index (κ1) is 30.7. The summed E-state index contributed by atoms with van der Waals surface area (Å²) >= 11 is 0. The van der Waals surface area contributed by atoms with Crippen LogP contribution in [-0.2, 0) is 0 Å². The average molecular weight is 718 g/mol. The van der Waals surface area contributed by atoms with Gasteiger partial charge in [-0.05, 0) is 66.7 Å². The second-order valence-corrected chi connectivity index (χ2v) is 14.3. The van der Waals surface area contributed by atoms with Crippen LogP contribution in [0.1, 0.15) is 0 Å². The molecule has 0 bridgehead atoms. The molecule has 0 fully saturated rings. The third-order valence-corrected chi connectivity index (χ3v) is 11.1. The Hall–Kier alpha value is -7.70. The summed E-state index contributed by atoms with van der Waals surface area (Å²) < 4.78 is 13.1. The van der Waals surface area contributed by atoms with Crippen molar-refractivity contribution in [1.82, 2.24) is 23.9 Å². The van der Waals surface area contributed by atoms with Crippen molar-refractivity contribution in [1.29, 1.82) is 0 Å². The highest BCUT2D eigenvalue weighted by Gasteiger charge is 2.21. The minimum atomic E-state index is 0.690. The van der Waals surface area contributed by atoms with Crippen molar-refractivity contribution in [2.24, 2.45) is 0 Å². The molecule has 6 nitrogen and oxygen atoms in total. The molecule has 4 aromatic heterocycles. The molecule has 12 rings (SSSR count). The highest BCUT2D eigenvalue weighted by molar-refractivity contribution is 6.27. The molecule has 0 aliphatic heterocycles. The smallest absolute Gasteiger partial charge is 0.182 e. The average Bonchev–Trinajstić information content (AvgIpc) is 4.04. The molecule has 12 aromatic rings. The number of benzene rings is 8. The molecular weight excluding hydrogens is 687 g/mol. The van der Waals surface area contributed by atoms with Crippen LogP contribution in [0.4, 0.5) is 0 Å². The fourth-order valence-corrected chi connectivity index (χ4v) is 8.67. The van der Waals surface area contributed by atoms with E-state index in [-0.39, 0.29) is 0 Å². The van der Waals surface area contributed by atoms with E-state index >= 15 is 0 Å². The Bertz CT molecular complexity index is 3480. The zero-order chi connectivity index (χ0) is 36.7. The molecule has 56 heavy (non-hydrogen) atoms. The van der Waals surface area contributed by atoms with Crippen LogP contribution in [0.5, 0.6) is 0 Å². The van der Waals surface area contributed by atoms with Gasteiger partial charge in [-0.2, -0.15) is 0 Å². The van der Waals surface area contributed by atoms with Gasteiger partial charge in [0, 0.05) is 54.8 Å². The molecule has 262 valence electrons. The topological polar surface area (TPSA) is 53.7 Å². The predicted octanol–water partition coefficient (Wildman–Crippen LogP) is 12.7. The maximum absolute atomic E-state index is 6.34. The van der Waals surface area contributed by atoms with Crippen molar-refractivity contribution in [3.05, 3.63) is 188 Å². The van der Waals surface area contributed by atoms with Crippen LogP contribution in [0.25, 0.3) is 105 Å². The van der Waals surface area contributed by atoms with Crippen molar-refractivity contribution in [2.45, 2.75) is 0 Å². The third kappa shape index (κ3) is 4.50. The lowest BCUT2D eigenvalue weighted by atomic mass is 10.1. The quantitative estimate of drug-likeness (QED) is 0.178. The minimum Gasteiger partial charge on any atom is -0.456 e. The van der Waals surface area contributed by atoms with Crippen LogP contribution in [0.15, 0.2) is 192 Å². The number of para-hydroxylation sites is 3. The van der Waals surface area contributed by atoms with Crippen LogP contribution in [0.2, 0.25) is 0 Å². The first-order chi connectivity index (χ1) is 27.8. The zero-order valence-electron chi connectivity index (χ0n) is 30.0. The monoisotopic (exact) mass is 717 g/mol. The van der Waals surface area contributed by atoms with E-state index in [1.54, 1.807) is 0 Å². The molecule has 0 amide bonds. The number of fused-ring (bicyclic) bond motifs is 10. The number of furan rings is 1. The molecule has 0 unspecified atom stereocenters. The third-order valence-electron chi connectivity index (χ3n) is 11.1. The molecule has 0 N–H and O–H groups in total.